The molecular weight excluding hydrogens is 409 g/mol. The fraction of sp³-hybridized carbons (Fsp3) is 0.167. The van der Waals surface area contributed by atoms with Crippen LogP contribution in [0.2, 0.25) is 10.0 Å². The molecule has 2 aromatic rings. The summed E-state index contributed by atoms with van der Waals surface area (Å²) >= 11 is 12.9. The molecule has 0 unspecified atom stereocenters. The number of hydrogen-bond donors (Lipinski definition) is 2. The van der Waals surface area contributed by atoms with Gasteiger partial charge in [-0.2, -0.15) is 5.26 Å². The Balaban J connectivity index is 1.72. The molecule has 1 aliphatic heterocycles. The van der Waals surface area contributed by atoms with Crippen molar-refractivity contribution >= 4 is 52.5 Å². The van der Waals surface area contributed by atoms with Crippen LogP contribution in [0.15, 0.2) is 51.6 Å². The number of amides is 2. The highest BCUT2D eigenvalue weighted by Crippen LogP contribution is 2.36. The van der Waals surface area contributed by atoms with Gasteiger partial charge in [0.25, 0.3) is 0 Å². The molecule has 1 aromatic carbocycles. The highest BCUT2D eigenvalue weighted by molar-refractivity contribution is 8.03. The molecule has 3 rings (SSSR count). The number of nitrogens with zero attached hydrogens (tertiary/aromatic N) is 1. The summed E-state index contributed by atoms with van der Waals surface area (Å²) < 4.78 is 5.35. The Hall–Kier alpha value is -2.40. The third kappa shape index (κ3) is 4.66. The number of rotatable bonds is 5. The van der Waals surface area contributed by atoms with Gasteiger partial charge in [0, 0.05) is 11.4 Å². The SMILES string of the molecule is N#CC1=C(SCC(=O)Nc2ccc(Cl)cc2Cl)NC(=O)C[C@H]1c1ccco1. The van der Waals surface area contributed by atoms with Gasteiger partial charge in [-0.25, -0.2) is 0 Å². The van der Waals surface area contributed by atoms with E-state index in [-0.39, 0.29) is 24.0 Å². The molecule has 9 heteroatoms. The number of nitrogens with one attached hydrogen (secondary N) is 2. The lowest BCUT2D eigenvalue weighted by atomic mass is 9.92. The molecule has 6 nitrogen and oxygen atoms in total. The van der Waals surface area contributed by atoms with E-state index in [0.29, 0.717) is 32.1 Å². The number of anilines is 1. The summed E-state index contributed by atoms with van der Waals surface area (Å²) in [5.74, 6) is -0.501. The lowest BCUT2D eigenvalue weighted by Crippen LogP contribution is -2.31. The second kappa shape index (κ2) is 8.53. The van der Waals surface area contributed by atoms with E-state index in [1.54, 1.807) is 24.3 Å². The average Bonchev–Trinajstić information content (AvgIpc) is 3.16. The van der Waals surface area contributed by atoms with Crippen molar-refractivity contribution in [2.75, 3.05) is 11.1 Å². The Morgan fingerprint density at radius 2 is 2.22 bits per heavy atom. The molecule has 138 valence electrons. The monoisotopic (exact) mass is 421 g/mol. The van der Waals surface area contributed by atoms with Crippen molar-refractivity contribution < 1.29 is 14.0 Å². The Labute approximate surface area is 169 Å². The van der Waals surface area contributed by atoms with E-state index in [1.165, 1.54) is 12.3 Å². The van der Waals surface area contributed by atoms with Crippen LogP contribution < -0.4 is 10.6 Å². The fourth-order valence-corrected chi connectivity index (χ4v) is 3.91. The number of thioether (sulfide) groups is 1. The van der Waals surface area contributed by atoms with Crippen LogP contribution in [0.1, 0.15) is 18.1 Å². The van der Waals surface area contributed by atoms with Gasteiger partial charge >= 0.3 is 0 Å². The van der Waals surface area contributed by atoms with E-state index in [9.17, 15) is 14.9 Å². The van der Waals surface area contributed by atoms with Crippen molar-refractivity contribution in [3.05, 3.63) is 63.0 Å². The molecule has 0 radical (unpaired) electrons. The molecule has 1 aromatic heterocycles. The smallest absolute Gasteiger partial charge is 0.234 e. The molecule has 0 spiro atoms. The maximum absolute atomic E-state index is 12.2. The first-order valence-corrected chi connectivity index (χ1v) is 9.57. The van der Waals surface area contributed by atoms with Gasteiger partial charge in [0.1, 0.15) is 5.76 Å². The van der Waals surface area contributed by atoms with Crippen LogP contribution >= 0.6 is 35.0 Å². The predicted molar refractivity (Wildman–Crippen MR) is 104 cm³/mol. The van der Waals surface area contributed by atoms with Gasteiger partial charge in [0.05, 0.1) is 45.3 Å². The van der Waals surface area contributed by atoms with Gasteiger partial charge in [-0.15, -0.1) is 0 Å². The summed E-state index contributed by atoms with van der Waals surface area (Å²) in [5, 5.41) is 16.0. The zero-order valence-corrected chi connectivity index (χ0v) is 16.1. The standard InChI is InChI=1S/C18H13Cl2N3O3S/c19-10-3-4-14(13(20)6-10)22-17(25)9-27-18-12(8-21)11(7-16(24)23-18)15-2-1-5-26-15/h1-6,11H,7,9H2,(H,22,25)(H,23,24)/t11-/m1/s1. The van der Waals surface area contributed by atoms with Crippen molar-refractivity contribution in [2.24, 2.45) is 0 Å². The molecule has 27 heavy (non-hydrogen) atoms. The summed E-state index contributed by atoms with van der Waals surface area (Å²) in [7, 11) is 0. The molecular formula is C18H13Cl2N3O3S. The van der Waals surface area contributed by atoms with E-state index in [2.05, 4.69) is 16.7 Å². The third-order valence-corrected chi connectivity index (χ3v) is 5.36. The number of benzene rings is 1. The highest BCUT2D eigenvalue weighted by Gasteiger charge is 2.31. The molecule has 1 aliphatic rings. The van der Waals surface area contributed by atoms with E-state index < -0.39 is 5.92 Å². The average molecular weight is 422 g/mol. The molecule has 2 N–H and O–H groups in total. The van der Waals surface area contributed by atoms with E-state index in [4.69, 9.17) is 27.6 Å². The first kappa shape index (κ1) is 19.4. The number of halogens is 2. The van der Waals surface area contributed by atoms with Crippen LogP contribution in [-0.2, 0) is 9.59 Å². The molecule has 1 atom stereocenters. The normalized spacial score (nSPS) is 16.6. The lowest BCUT2D eigenvalue weighted by molar-refractivity contribution is -0.121. The number of hydrogen-bond acceptors (Lipinski definition) is 5. The Morgan fingerprint density at radius 1 is 1.41 bits per heavy atom. The molecule has 2 heterocycles. The summed E-state index contributed by atoms with van der Waals surface area (Å²) in [6, 6.07) is 10.3. The zero-order valence-electron chi connectivity index (χ0n) is 13.8. The number of carbonyl (C=O) groups is 2. The lowest BCUT2D eigenvalue weighted by Gasteiger charge is -2.23. The first-order valence-electron chi connectivity index (χ1n) is 7.83. The second-order valence-electron chi connectivity index (χ2n) is 5.64. The maximum Gasteiger partial charge on any atom is 0.234 e. The highest BCUT2D eigenvalue weighted by atomic mass is 35.5. The van der Waals surface area contributed by atoms with Crippen LogP contribution in [0.5, 0.6) is 0 Å². The van der Waals surface area contributed by atoms with Gasteiger partial charge in [-0.1, -0.05) is 35.0 Å². The fourth-order valence-electron chi connectivity index (χ4n) is 2.58. The Morgan fingerprint density at radius 3 is 2.89 bits per heavy atom. The number of carbonyl (C=O) groups excluding carboxylic acids is 2. The number of nitriles is 1. The minimum Gasteiger partial charge on any atom is -0.469 e. The van der Waals surface area contributed by atoms with Crippen molar-refractivity contribution in [1.82, 2.24) is 5.32 Å². The molecule has 0 saturated carbocycles. The van der Waals surface area contributed by atoms with Crippen LogP contribution in [-0.4, -0.2) is 17.6 Å². The van der Waals surface area contributed by atoms with Gasteiger partial charge in [0.2, 0.25) is 11.8 Å². The van der Waals surface area contributed by atoms with Crippen molar-refractivity contribution in [3.63, 3.8) is 0 Å². The van der Waals surface area contributed by atoms with Gasteiger partial charge < -0.3 is 15.1 Å². The Bertz CT molecular complexity index is 951. The molecule has 2 amide bonds. The molecule has 0 aliphatic carbocycles. The zero-order chi connectivity index (χ0) is 19.4. The van der Waals surface area contributed by atoms with E-state index >= 15 is 0 Å². The van der Waals surface area contributed by atoms with E-state index in [1.807, 2.05) is 0 Å². The third-order valence-electron chi connectivity index (χ3n) is 3.80. The topological polar surface area (TPSA) is 95.1 Å². The number of furan rings is 1. The van der Waals surface area contributed by atoms with Gasteiger partial charge in [-0.05, 0) is 30.3 Å². The summed E-state index contributed by atoms with van der Waals surface area (Å²) in [5.41, 5.74) is 0.800. The van der Waals surface area contributed by atoms with Crippen LogP contribution in [0.25, 0.3) is 0 Å². The first-order chi connectivity index (χ1) is 13.0. The van der Waals surface area contributed by atoms with Crippen molar-refractivity contribution in [2.45, 2.75) is 12.3 Å². The van der Waals surface area contributed by atoms with Gasteiger partial charge in [0.15, 0.2) is 0 Å². The van der Waals surface area contributed by atoms with Crippen LogP contribution in [0.4, 0.5) is 5.69 Å². The largest absolute Gasteiger partial charge is 0.469 e. The van der Waals surface area contributed by atoms with Crippen LogP contribution in [0, 0.1) is 11.3 Å². The molecule has 0 saturated heterocycles. The minimum absolute atomic E-state index is 0.00930. The quantitative estimate of drug-likeness (QED) is 0.749. The minimum atomic E-state index is -0.463. The number of allylic oxidation sites excluding steroid dienone is 1. The summed E-state index contributed by atoms with van der Waals surface area (Å²) in [6.07, 6.45) is 1.61. The summed E-state index contributed by atoms with van der Waals surface area (Å²) in [6.45, 7) is 0. The predicted octanol–water partition coefficient (Wildman–Crippen LogP) is 4.30. The van der Waals surface area contributed by atoms with Crippen molar-refractivity contribution in [1.29, 1.82) is 5.26 Å². The van der Waals surface area contributed by atoms with Gasteiger partial charge in [-0.3, -0.25) is 9.59 Å². The maximum atomic E-state index is 12.2. The van der Waals surface area contributed by atoms with E-state index in [0.717, 1.165) is 11.8 Å². The molecule has 0 fully saturated rings. The molecule has 0 bridgehead atoms. The van der Waals surface area contributed by atoms with Crippen molar-refractivity contribution in [3.8, 4) is 6.07 Å². The van der Waals surface area contributed by atoms with Crippen LogP contribution in [0.3, 0.4) is 0 Å². The Kier molecular flexibility index (Phi) is 6.11. The summed E-state index contributed by atoms with van der Waals surface area (Å²) in [4.78, 5) is 24.2. The second-order valence-corrected chi connectivity index (χ2v) is 7.47.